The van der Waals surface area contributed by atoms with E-state index in [0.717, 1.165) is 0 Å². The highest BCUT2D eigenvalue weighted by Crippen LogP contribution is 2.05. The highest BCUT2D eigenvalue weighted by molar-refractivity contribution is 5.82. The zero-order valence-corrected chi connectivity index (χ0v) is 10.5. The first-order valence-corrected chi connectivity index (χ1v) is 5.91. The van der Waals surface area contributed by atoms with Gasteiger partial charge in [-0.2, -0.15) is 0 Å². The highest BCUT2D eigenvalue weighted by atomic mass is 16.5. The van der Waals surface area contributed by atoms with Crippen molar-refractivity contribution in [1.82, 2.24) is 9.80 Å². The van der Waals surface area contributed by atoms with Crippen LogP contribution >= 0.6 is 0 Å². The first kappa shape index (κ1) is 13.9. The van der Waals surface area contributed by atoms with Crippen LogP contribution in [-0.2, 0) is 14.3 Å². The van der Waals surface area contributed by atoms with Gasteiger partial charge in [-0.25, -0.2) is 0 Å². The number of ether oxygens (including phenoxy) is 1. The maximum Gasteiger partial charge on any atom is 0.248 e. The van der Waals surface area contributed by atoms with E-state index in [1.165, 1.54) is 7.11 Å². The summed E-state index contributed by atoms with van der Waals surface area (Å²) in [5, 5.41) is 0. The van der Waals surface area contributed by atoms with Crippen LogP contribution in [0.25, 0.3) is 0 Å². The quantitative estimate of drug-likeness (QED) is 0.690. The van der Waals surface area contributed by atoms with Crippen molar-refractivity contribution >= 4 is 11.8 Å². The van der Waals surface area contributed by atoms with Crippen LogP contribution in [0.15, 0.2) is 0 Å². The Morgan fingerprint density at radius 2 is 1.76 bits per heavy atom. The van der Waals surface area contributed by atoms with E-state index in [1.807, 2.05) is 6.92 Å². The number of nitrogens with two attached hydrogens (primary N) is 1. The summed E-state index contributed by atoms with van der Waals surface area (Å²) >= 11 is 0. The Kier molecular flexibility index (Phi) is 5.37. The van der Waals surface area contributed by atoms with E-state index in [4.69, 9.17) is 10.5 Å². The first-order valence-electron chi connectivity index (χ1n) is 5.91. The van der Waals surface area contributed by atoms with Gasteiger partial charge in [0, 0.05) is 33.3 Å². The molecule has 0 unspecified atom stereocenters. The molecule has 0 saturated carbocycles. The molecule has 1 aliphatic heterocycles. The normalized spacial score (nSPS) is 18.1. The second kappa shape index (κ2) is 6.56. The predicted octanol–water partition coefficient (Wildman–Crippen LogP) is -0.959. The minimum Gasteiger partial charge on any atom is -0.375 e. The van der Waals surface area contributed by atoms with Gasteiger partial charge >= 0.3 is 0 Å². The molecule has 0 spiro atoms. The van der Waals surface area contributed by atoms with Crippen LogP contribution in [0.5, 0.6) is 0 Å². The SMILES string of the molecule is CC[C@@H](N)C(=O)N1CCN(C(=O)COC)CC1. The number of rotatable bonds is 4. The molecule has 0 bridgehead atoms. The van der Waals surface area contributed by atoms with E-state index in [9.17, 15) is 9.59 Å². The van der Waals surface area contributed by atoms with Crippen molar-refractivity contribution in [3.63, 3.8) is 0 Å². The van der Waals surface area contributed by atoms with Gasteiger partial charge in [-0.05, 0) is 6.42 Å². The molecule has 98 valence electrons. The summed E-state index contributed by atoms with van der Waals surface area (Å²) < 4.78 is 4.80. The van der Waals surface area contributed by atoms with E-state index in [-0.39, 0.29) is 18.4 Å². The molecule has 6 nitrogen and oxygen atoms in total. The Morgan fingerprint density at radius 3 is 2.24 bits per heavy atom. The Morgan fingerprint density at radius 1 is 1.24 bits per heavy atom. The number of hydrogen-bond acceptors (Lipinski definition) is 4. The van der Waals surface area contributed by atoms with E-state index in [2.05, 4.69) is 0 Å². The summed E-state index contributed by atoms with van der Waals surface area (Å²) in [6.45, 7) is 4.22. The Labute approximate surface area is 102 Å². The van der Waals surface area contributed by atoms with Gasteiger partial charge in [0.1, 0.15) is 6.61 Å². The molecule has 0 aromatic heterocycles. The van der Waals surface area contributed by atoms with Gasteiger partial charge in [-0.15, -0.1) is 0 Å². The number of nitrogens with zero attached hydrogens (tertiary/aromatic N) is 2. The minimum absolute atomic E-state index is 0.0219. The number of methoxy groups -OCH3 is 1. The Bertz CT molecular complexity index is 275. The molecule has 1 rings (SSSR count). The van der Waals surface area contributed by atoms with Crippen molar-refractivity contribution in [1.29, 1.82) is 0 Å². The average Bonchev–Trinajstić information content (AvgIpc) is 2.37. The Balaban J connectivity index is 2.40. The van der Waals surface area contributed by atoms with Gasteiger partial charge in [0.25, 0.3) is 0 Å². The van der Waals surface area contributed by atoms with Crippen LogP contribution in [0.1, 0.15) is 13.3 Å². The van der Waals surface area contributed by atoms with E-state index in [0.29, 0.717) is 32.6 Å². The number of carbonyl (C=O) groups excluding carboxylic acids is 2. The van der Waals surface area contributed by atoms with Crippen molar-refractivity contribution in [3.8, 4) is 0 Å². The molecular weight excluding hydrogens is 222 g/mol. The molecule has 1 heterocycles. The van der Waals surface area contributed by atoms with Crippen molar-refractivity contribution in [2.24, 2.45) is 5.73 Å². The molecule has 2 N–H and O–H groups in total. The van der Waals surface area contributed by atoms with Crippen molar-refractivity contribution < 1.29 is 14.3 Å². The molecule has 1 atom stereocenters. The van der Waals surface area contributed by atoms with Crippen molar-refractivity contribution in [2.45, 2.75) is 19.4 Å². The summed E-state index contributed by atoms with van der Waals surface area (Å²) in [5.74, 6) is -0.0503. The van der Waals surface area contributed by atoms with Gasteiger partial charge in [0.2, 0.25) is 11.8 Å². The topological polar surface area (TPSA) is 75.9 Å². The maximum absolute atomic E-state index is 11.8. The lowest BCUT2D eigenvalue weighted by molar-refractivity contribution is -0.142. The summed E-state index contributed by atoms with van der Waals surface area (Å²) in [5.41, 5.74) is 5.70. The molecule has 0 radical (unpaired) electrons. The van der Waals surface area contributed by atoms with Crippen LogP contribution < -0.4 is 5.73 Å². The van der Waals surface area contributed by atoms with E-state index >= 15 is 0 Å². The lowest BCUT2D eigenvalue weighted by Gasteiger charge is -2.35. The second-order valence-electron chi connectivity index (χ2n) is 4.15. The monoisotopic (exact) mass is 243 g/mol. The Hall–Kier alpha value is -1.14. The summed E-state index contributed by atoms with van der Waals surface area (Å²) in [6, 6.07) is -0.420. The van der Waals surface area contributed by atoms with Crippen molar-refractivity contribution in [2.75, 3.05) is 39.9 Å². The molecule has 0 aliphatic carbocycles. The number of amides is 2. The third-order valence-electron chi connectivity index (χ3n) is 2.97. The summed E-state index contributed by atoms with van der Waals surface area (Å²) in [4.78, 5) is 26.8. The lowest BCUT2D eigenvalue weighted by Crippen LogP contribution is -2.54. The largest absolute Gasteiger partial charge is 0.375 e. The van der Waals surface area contributed by atoms with Crippen LogP contribution in [0.2, 0.25) is 0 Å². The summed E-state index contributed by atoms with van der Waals surface area (Å²) in [7, 11) is 1.50. The fourth-order valence-electron chi connectivity index (χ4n) is 1.80. The van der Waals surface area contributed by atoms with Gasteiger partial charge in [0.05, 0.1) is 6.04 Å². The highest BCUT2D eigenvalue weighted by Gasteiger charge is 2.26. The molecule has 1 fully saturated rings. The van der Waals surface area contributed by atoms with Crippen molar-refractivity contribution in [3.05, 3.63) is 0 Å². The molecule has 0 aromatic rings. The number of hydrogen-bond donors (Lipinski definition) is 1. The van der Waals surface area contributed by atoms with E-state index in [1.54, 1.807) is 9.80 Å². The zero-order valence-electron chi connectivity index (χ0n) is 10.5. The van der Waals surface area contributed by atoms with Crippen LogP contribution in [0.3, 0.4) is 0 Å². The minimum atomic E-state index is -0.420. The van der Waals surface area contributed by atoms with E-state index < -0.39 is 6.04 Å². The molecule has 2 amide bonds. The van der Waals surface area contributed by atoms with Crippen LogP contribution in [0, 0.1) is 0 Å². The van der Waals surface area contributed by atoms with Crippen LogP contribution in [0.4, 0.5) is 0 Å². The third kappa shape index (κ3) is 3.67. The van der Waals surface area contributed by atoms with Gasteiger partial charge < -0.3 is 20.3 Å². The summed E-state index contributed by atoms with van der Waals surface area (Å²) in [6.07, 6.45) is 0.641. The average molecular weight is 243 g/mol. The molecule has 6 heteroatoms. The van der Waals surface area contributed by atoms with Gasteiger partial charge in [0.15, 0.2) is 0 Å². The van der Waals surface area contributed by atoms with Gasteiger partial charge in [-0.3, -0.25) is 9.59 Å². The molecule has 1 saturated heterocycles. The van der Waals surface area contributed by atoms with Crippen LogP contribution in [-0.4, -0.2) is 67.6 Å². The number of piperazine rings is 1. The third-order valence-corrected chi connectivity index (χ3v) is 2.97. The maximum atomic E-state index is 11.8. The number of carbonyl (C=O) groups is 2. The zero-order chi connectivity index (χ0) is 12.8. The lowest BCUT2D eigenvalue weighted by atomic mass is 10.2. The first-order chi connectivity index (χ1) is 8.10. The smallest absolute Gasteiger partial charge is 0.248 e. The molecule has 17 heavy (non-hydrogen) atoms. The second-order valence-corrected chi connectivity index (χ2v) is 4.15. The molecule has 0 aromatic carbocycles. The fourth-order valence-corrected chi connectivity index (χ4v) is 1.80. The molecular formula is C11H21N3O3. The van der Waals surface area contributed by atoms with Gasteiger partial charge in [-0.1, -0.05) is 6.92 Å². The standard InChI is InChI=1S/C11H21N3O3/c1-3-9(12)11(16)14-6-4-13(5-7-14)10(15)8-17-2/h9H,3-8,12H2,1-2H3/t9-/m1/s1. The predicted molar refractivity (Wildman–Crippen MR) is 63.3 cm³/mol. The molecule has 1 aliphatic rings. The fraction of sp³-hybridized carbons (Fsp3) is 0.818.